The number of rotatable bonds is 7. The van der Waals surface area contributed by atoms with Crippen molar-refractivity contribution in [1.82, 2.24) is 9.97 Å². The molecule has 1 saturated heterocycles. The van der Waals surface area contributed by atoms with Crippen molar-refractivity contribution in [1.29, 1.82) is 0 Å². The number of para-hydroxylation sites is 1. The lowest BCUT2D eigenvalue weighted by Crippen LogP contribution is -2.39. The molecule has 1 fully saturated rings. The van der Waals surface area contributed by atoms with Crippen molar-refractivity contribution in [2.45, 2.75) is 12.8 Å². The number of primary amides is 1. The van der Waals surface area contributed by atoms with Gasteiger partial charge >= 0.3 is 5.69 Å². The first kappa shape index (κ1) is 22.9. The summed E-state index contributed by atoms with van der Waals surface area (Å²) in [5.41, 5.74) is 7.18. The molecule has 1 amide bonds. The van der Waals surface area contributed by atoms with Gasteiger partial charge in [-0.05, 0) is 36.6 Å². The van der Waals surface area contributed by atoms with Gasteiger partial charge in [0.1, 0.15) is 5.69 Å². The van der Waals surface area contributed by atoms with E-state index in [1.165, 1.54) is 0 Å². The number of anilines is 3. The van der Waals surface area contributed by atoms with Gasteiger partial charge in [0.2, 0.25) is 17.7 Å². The molecular formula is C25H26N6O3. The topological polar surface area (TPSA) is 118 Å². The average molecular weight is 459 g/mol. The Kier molecular flexibility index (Phi) is 6.82. The lowest BCUT2D eigenvalue weighted by molar-refractivity contribution is -0.384. The van der Waals surface area contributed by atoms with Crippen LogP contribution < -0.4 is 15.5 Å². The predicted octanol–water partition coefficient (Wildman–Crippen LogP) is 4.02. The van der Waals surface area contributed by atoms with Crippen LogP contribution in [-0.4, -0.2) is 40.9 Å². The number of benzene rings is 2. The highest BCUT2D eigenvalue weighted by atomic mass is 16.6. The van der Waals surface area contributed by atoms with Crippen molar-refractivity contribution in [2.75, 3.05) is 29.9 Å². The first-order valence-electron chi connectivity index (χ1n) is 11.1. The maximum Gasteiger partial charge on any atom is 0.337 e. The fourth-order valence-electron chi connectivity index (χ4n) is 3.99. The lowest BCUT2D eigenvalue weighted by Gasteiger charge is -2.31. The maximum atomic E-state index is 12.2. The smallest absolute Gasteiger partial charge is 0.337 e. The van der Waals surface area contributed by atoms with Crippen LogP contribution in [-0.2, 0) is 4.79 Å². The third kappa shape index (κ3) is 5.03. The average Bonchev–Trinajstić information content (AvgIpc) is 2.87. The number of nitro groups is 1. The Morgan fingerprint density at radius 1 is 1.06 bits per heavy atom. The van der Waals surface area contributed by atoms with Gasteiger partial charge in [0, 0.05) is 31.7 Å². The number of hydrogen-bond acceptors (Lipinski definition) is 7. The Labute approximate surface area is 197 Å². The summed E-state index contributed by atoms with van der Waals surface area (Å²) in [6.45, 7) is 1.09. The van der Waals surface area contributed by atoms with Gasteiger partial charge < -0.3 is 15.5 Å². The molecule has 0 spiro atoms. The zero-order valence-corrected chi connectivity index (χ0v) is 18.9. The SMILES string of the molecule is CN(c1ccccc1)c1nc(N2CCC(C(N)=O)CC2)nc(C=Cc2ccccc2)c1[N+](=O)[O-]. The minimum absolute atomic E-state index is 0.172. The summed E-state index contributed by atoms with van der Waals surface area (Å²) in [6, 6.07) is 18.9. The van der Waals surface area contributed by atoms with Crippen molar-refractivity contribution in [3.63, 3.8) is 0 Å². The van der Waals surface area contributed by atoms with Gasteiger partial charge in [-0.3, -0.25) is 14.9 Å². The van der Waals surface area contributed by atoms with Crippen molar-refractivity contribution in [3.8, 4) is 0 Å². The van der Waals surface area contributed by atoms with Gasteiger partial charge in [0.15, 0.2) is 0 Å². The highest BCUT2D eigenvalue weighted by Crippen LogP contribution is 2.36. The van der Waals surface area contributed by atoms with E-state index in [1.54, 1.807) is 24.1 Å². The van der Waals surface area contributed by atoms with Crippen molar-refractivity contribution in [2.24, 2.45) is 11.7 Å². The molecule has 2 N–H and O–H groups in total. The summed E-state index contributed by atoms with van der Waals surface area (Å²) >= 11 is 0. The normalized spacial score (nSPS) is 14.3. The van der Waals surface area contributed by atoms with E-state index in [0.717, 1.165) is 11.3 Å². The minimum Gasteiger partial charge on any atom is -0.369 e. The Morgan fingerprint density at radius 3 is 2.26 bits per heavy atom. The third-order valence-corrected chi connectivity index (χ3v) is 5.94. The summed E-state index contributed by atoms with van der Waals surface area (Å²) < 4.78 is 0. The lowest BCUT2D eigenvalue weighted by atomic mass is 9.96. The van der Waals surface area contributed by atoms with Crippen molar-refractivity contribution < 1.29 is 9.72 Å². The summed E-state index contributed by atoms with van der Waals surface area (Å²) in [5, 5.41) is 12.2. The van der Waals surface area contributed by atoms with Crippen LogP contribution in [0, 0.1) is 16.0 Å². The van der Waals surface area contributed by atoms with Crippen LogP contribution in [0.5, 0.6) is 0 Å². The number of carbonyl (C=O) groups is 1. The molecule has 0 radical (unpaired) electrons. The second-order valence-electron chi connectivity index (χ2n) is 8.14. The van der Waals surface area contributed by atoms with E-state index in [2.05, 4.69) is 9.97 Å². The fraction of sp³-hybridized carbons (Fsp3) is 0.240. The molecule has 1 aliphatic rings. The maximum absolute atomic E-state index is 12.2. The zero-order valence-electron chi connectivity index (χ0n) is 18.9. The molecule has 2 heterocycles. The minimum atomic E-state index is -0.442. The van der Waals surface area contributed by atoms with Crippen LogP contribution >= 0.6 is 0 Å². The number of amides is 1. The molecule has 3 aromatic rings. The Hall–Kier alpha value is -4.27. The van der Waals surface area contributed by atoms with Crippen molar-refractivity contribution in [3.05, 3.63) is 82.0 Å². The molecule has 2 aromatic carbocycles. The summed E-state index contributed by atoms with van der Waals surface area (Å²) in [5.74, 6) is 0.100. The predicted molar refractivity (Wildman–Crippen MR) is 133 cm³/mol. The molecule has 9 heteroatoms. The summed E-state index contributed by atoms with van der Waals surface area (Å²) in [6.07, 6.45) is 4.63. The number of nitrogens with two attached hydrogens (primary N) is 1. The number of aromatic nitrogens is 2. The molecule has 4 rings (SSSR count). The monoisotopic (exact) mass is 458 g/mol. The number of piperidine rings is 1. The standard InChI is InChI=1S/C25H26N6O3/c1-29(20-10-6-3-7-11-20)24-22(31(33)34)21(13-12-18-8-4-2-5-9-18)27-25(28-24)30-16-14-19(15-17-30)23(26)32/h2-13,19H,14-17H2,1H3,(H2,26,32). The molecule has 0 unspecified atom stereocenters. The summed E-state index contributed by atoms with van der Waals surface area (Å²) in [4.78, 5) is 36.2. The van der Waals surface area contributed by atoms with E-state index in [1.807, 2.05) is 65.6 Å². The highest BCUT2D eigenvalue weighted by Gasteiger charge is 2.30. The second kappa shape index (κ2) is 10.1. The summed E-state index contributed by atoms with van der Waals surface area (Å²) in [7, 11) is 1.75. The quantitative estimate of drug-likeness (QED) is 0.419. The Morgan fingerprint density at radius 2 is 1.68 bits per heavy atom. The van der Waals surface area contributed by atoms with Crippen LogP contribution in [0.25, 0.3) is 12.2 Å². The van der Waals surface area contributed by atoms with Gasteiger partial charge in [-0.2, -0.15) is 4.98 Å². The van der Waals surface area contributed by atoms with E-state index in [0.29, 0.717) is 31.9 Å². The van der Waals surface area contributed by atoms with Gasteiger partial charge in [0.05, 0.1) is 4.92 Å². The molecule has 0 bridgehead atoms. The molecule has 0 saturated carbocycles. The molecule has 9 nitrogen and oxygen atoms in total. The van der Waals surface area contributed by atoms with Crippen LogP contribution in [0.15, 0.2) is 60.7 Å². The zero-order chi connectivity index (χ0) is 24.1. The third-order valence-electron chi connectivity index (χ3n) is 5.94. The first-order valence-corrected chi connectivity index (χ1v) is 11.1. The fourth-order valence-corrected chi connectivity index (χ4v) is 3.99. The molecular weight excluding hydrogens is 432 g/mol. The molecule has 1 aromatic heterocycles. The van der Waals surface area contributed by atoms with Gasteiger partial charge in [0.25, 0.3) is 0 Å². The van der Waals surface area contributed by atoms with E-state index in [9.17, 15) is 14.9 Å². The molecule has 0 atom stereocenters. The molecule has 174 valence electrons. The molecule has 1 aliphatic heterocycles. The van der Waals surface area contributed by atoms with Crippen LogP contribution in [0.1, 0.15) is 24.1 Å². The van der Waals surface area contributed by atoms with E-state index in [-0.39, 0.29) is 29.0 Å². The molecule has 0 aliphatic carbocycles. The Bertz CT molecular complexity index is 1190. The largest absolute Gasteiger partial charge is 0.369 e. The first-order chi connectivity index (χ1) is 16.4. The molecule has 34 heavy (non-hydrogen) atoms. The van der Waals surface area contributed by atoms with E-state index in [4.69, 9.17) is 5.73 Å². The van der Waals surface area contributed by atoms with Crippen LogP contribution in [0.3, 0.4) is 0 Å². The van der Waals surface area contributed by atoms with Gasteiger partial charge in [-0.25, -0.2) is 4.98 Å². The van der Waals surface area contributed by atoms with Crippen molar-refractivity contribution >= 4 is 41.2 Å². The van der Waals surface area contributed by atoms with Crippen LogP contribution in [0.4, 0.5) is 23.1 Å². The van der Waals surface area contributed by atoms with Gasteiger partial charge in [-0.15, -0.1) is 0 Å². The number of nitrogens with zero attached hydrogens (tertiary/aromatic N) is 5. The van der Waals surface area contributed by atoms with Crippen LogP contribution in [0.2, 0.25) is 0 Å². The van der Waals surface area contributed by atoms with E-state index >= 15 is 0 Å². The van der Waals surface area contributed by atoms with E-state index < -0.39 is 4.92 Å². The number of carbonyl (C=O) groups excluding carboxylic acids is 1. The number of hydrogen-bond donors (Lipinski definition) is 1. The second-order valence-corrected chi connectivity index (χ2v) is 8.14. The highest BCUT2D eigenvalue weighted by molar-refractivity contribution is 5.80. The van der Waals surface area contributed by atoms with Gasteiger partial charge in [-0.1, -0.05) is 54.6 Å². The Balaban J connectivity index is 1.80.